The summed E-state index contributed by atoms with van der Waals surface area (Å²) in [5.74, 6) is 0.947. The largest absolute Gasteiger partial charge is 0.463 e. The number of benzene rings is 2. The Balaban J connectivity index is 1.48. The first kappa shape index (κ1) is 25.3. The molecule has 0 spiro atoms. The number of fused-ring (bicyclic) bond motifs is 2. The summed E-state index contributed by atoms with van der Waals surface area (Å²) in [5, 5.41) is 2.00. The zero-order valence-corrected chi connectivity index (χ0v) is 23.0. The molecule has 4 heterocycles. The molecule has 1 saturated heterocycles. The van der Waals surface area contributed by atoms with Crippen molar-refractivity contribution >= 4 is 40.0 Å². The molecular formula is C30H30N4O4S. The molecule has 0 aliphatic carbocycles. The van der Waals surface area contributed by atoms with E-state index in [1.54, 1.807) is 24.5 Å². The highest BCUT2D eigenvalue weighted by Gasteiger charge is 2.34. The highest BCUT2D eigenvalue weighted by molar-refractivity contribution is 7.07. The Bertz CT molecular complexity index is 1770. The van der Waals surface area contributed by atoms with Gasteiger partial charge in [-0.15, -0.1) is 0 Å². The molecule has 2 aliphatic heterocycles. The van der Waals surface area contributed by atoms with Gasteiger partial charge in [-0.1, -0.05) is 53.8 Å². The van der Waals surface area contributed by atoms with Crippen molar-refractivity contribution in [3.8, 4) is 0 Å². The molecule has 0 bridgehead atoms. The first-order valence-corrected chi connectivity index (χ1v) is 14.0. The molecule has 0 N–H and O–H groups in total. The van der Waals surface area contributed by atoms with Crippen LogP contribution in [-0.2, 0) is 9.53 Å². The maximum absolute atomic E-state index is 14.0. The van der Waals surface area contributed by atoms with Crippen LogP contribution < -0.4 is 19.8 Å². The number of anilines is 1. The van der Waals surface area contributed by atoms with Gasteiger partial charge in [-0.05, 0) is 43.3 Å². The number of ether oxygens (including phenoxy) is 1. The lowest BCUT2D eigenvalue weighted by atomic mass is 9.91. The second kappa shape index (κ2) is 10.3. The van der Waals surface area contributed by atoms with Gasteiger partial charge >= 0.3 is 5.97 Å². The molecule has 9 heteroatoms. The van der Waals surface area contributed by atoms with Crippen molar-refractivity contribution < 1.29 is 13.9 Å². The van der Waals surface area contributed by atoms with E-state index in [0.717, 1.165) is 48.4 Å². The van der Waals surface area contributed by atoms with Gasteiger partial charge in [0, 0.05) is 38.3 Å². The van der Waals surface area contributed by atoms with E-state index in [4.69, 9.17) is 14.1 Å². The van der Waals surface area contributed by atoms with Crippen molar-refractivity contribution in [1.29, 1.82) is 0 Å². The second-order valence-corrected chi connectivity index (χ2v) is 10.8. The number of allylic oxidation sites excluding steroid dienone is 1. The van der Waals surface area contributed by atoms with Gasteiger partial charge in [0.15, 0.2) is 10.7 Å². The Kier molecular flexibility index (Phi) is 6.70. The minimum Gasteiger partial charge on any atom is -0.463 e. The van der Waals surface area contributed by atoms with Gasteiger partial charge in [0.1, 0.15) is 5.76 Å². The quantitative estimate of drug-likeness (QED) is 0.360. The van der Waals surface area contributed by atoms with Crippen molar-refractivity contribution in [2.45, 2.75) is 19.9 Å². The molecule has 1 atom stereocenters. The molecule has 0 amide bonds. The van der Waals surface area contributed by atoms with E-state index in [9.17, 15) is 9.59 Å². The normalized spacial score (nSPS) is 18.4. The van der Waals surface area contributed by atoms with Crippen LogP contribution in [0.15, 0.2) is 80.1 Å². The van der Waals surface area contributed by atoms with E-state index in [-0.39, 0.29) is 12.2 Å². The number of carbonyl (C=O) groups excluding carboxylic acids is 1. The van der Waals surface area contributed by atoms with Gasteiger partial charge in [0.25, 0.3) is 5.56 Å². The molecule has 2 aliphatic rings. The highest BCUT2D eigenvalue weighted by atomic mass is 32.1. The Hall–Kier alpha value is -3.95. The number of nitrogens with zero attached hydrogens (tertiary/aromatic N) is 4. The standard InChI is InChI=1S/C30H30N4O4S/c1-4-37-29(36)26-19(2)31-30-34(27(26)23-11-7-9-20-8-5-6-10-22(20)23)28(35)24(39-30)18-21-12-13-25(38-21)33-16-14-32(3)15-17-33/h5-13,18,27H,4,14-17H2,1-3H3/b24-18-. The minimum absolute atomic E-state index is 0.219. The van der Waals surface area contributed by atoms with Crippen LogP contribution in [-0.4, -0.2) is 55.3 Å². The number of thiazole rings is 1. The van der Waals surface area contributed by atoms with Gasteiger partial charge in [-0.2, -0.15) is 0 Å². The molecule has 1 unspecified atom stereocenters. The number of aromatic nitrogens is 1. The van der Waals surface area contributed by atoms with E-state index in [0.29, 0.717) is 26.4 Å². The van der Waals surface area contributed by atoms with Gasteiger partial charge in [0.2, 0.25) is 0 Å². The predicted molar refractivity (Wildman–Crippen MR) is 153 cm³/mol. The molecule has 39 heavy (non-hydrogen) atoms. The SMILES string of the molecule is CCOC(=O)C1=C(C)N=c2s/c(=C\c3ccc(N4CCN(C)CC4)o3)c(=O)n2C1c1cccc2ccccc12. The van der Waals surface area contributed by atoms with Crippen molar-refractivity contribution in [2.75, 3.05) is 44.7 Å². The maximum atomic E-state index is 14.0. The predicted octanol–water partition coefficient (Wildman–Crippen LogP) is 3.30. The zero-order chi connectivity index (χ0) is 27.1. The molecule has 8 nitrogen and oxygen atoms in total. The summed E-state index contributed by atoms with van der Waals surface area (Å²) in [6.07, 6.45) is 1.77. The van der Waals surface area contributed by atoms with E-state index in [1.165, 1.54) is 11.3 Å². The smallest absolute Gasteiger partial charge is 0.338 e. The van der Waals surface area contributed by atoms with E-state index in [2.05, 4.69) is 16.8 Å². The van der Waals surface area contributed by atoms with Crippen LogP contribution in [0.25, 0.3) is 16.8 Å². The topological polar surface area (TPSA) is 80.3 Å². The van der Waals surface area contributed by atoms with Crippen LogP contribution in [0.4, 0.5) is 5.88 Å². The fraction of sp³-hybridized carbons (Fsp3) is 0.300. The van der Waals surface area contributed by atoms with Gasteiger partial charge in [0.05, 0.1) is 28.5 Å². The number of esters is 1. The number of rotatable bonds is 5. The average Bonchev–Trinajstić information content (AvgIpc) is 3.52. The van der Waals surface area contributed by atoms with E-state index in [1.807, 2.05) is 54.6 Å². The maximum Gasteiger partial charge on any atom is 0.338 e. The number of likely N-dealkylation sites (N-methyl/N-ethyl adjacent to an activating group) is 1. The third-order valence-electron chi connectivity index (χ3n) is 7.34. The van der Waals surface area contributed by atoms with Crippen molar-refractivity contribution in [3.05, 3.63) is 96.9 Å². The highest BCUT2D eigenvalue weighted by Crippen LogP contribution is 2.34. The van der Waals surface area contributed by atoms with Gasteiger partial charge < -0.3 is 19.0 Å². The summed E-state index contributed by atoms with van der Waals surface area (Å²) in [5.41, 5.74) is 1.56. The second-order valence-electron chi connectivity index (χ2n) is 9.84. The van der Waals surface area contributed by atoms with Crippen LogP contribution in [0, 0.1) is 0 Å². The van der Waals surface area contributed by atoms with E-state index < -0.39 is 12.0 Å². The third kappa shape index (κ3) is 4.62. The van der Waals surface area contributed by atoms with Crippen molar-refractivity contribution in [2.24, 2.45) is 4.99 Å². The minimum atomic E-state index is -0.661. The molecule has 6 rings (SSSR count). The summed E-state index contributed by atoms with van der Waals surface area (Å²) in [6, 6.07) is 17.1. The summed E-state index contributed by atoms with van der Waals surface area (Å²) in [4.78, 5) is 36.9. The number of hydrogen-bond acceptors (Lipinski definition) is 8. The Morgan fingerprint density at radius 2 is 1.87 bits per heavy atom. The summed E-state index contributed by atoms with van der Waals surface area (Å²) >= 11 is 1.30. The van der Waals surface area contributed by atoms with Crippen LogP contribution >= 0.6 is 11.3 Å². The van der Waals surface area contributed by atoms with Gasteiger partial charge in [-0.3, -0.25) is 9.36 Å². The lowest BCUT2D eigenvalue weighted by molar-refractivity contribution is -0.139. The van der Waals surface area contributed by atoms with Crippen LogP contribution in [0.3, 0.4) is 0 Å². The van der Waals surface area contributed by atoms with Crippen molar-refractivity contribution in [1.82, 2.24) is 9.47 Å². The van der Waals surface area contributed by atoms with Crippen LogP contribution in [0.1, 0.15) is 31.2 Å². The summed E-state index contributed by atoms with van der Waals surface area (Å²) < 4.78 is 13.7. The average molecular weight is 543 g/mol. The molecule has 200 valence electrons. The molecule has 2 aromatic heterocycles. The number of furan rings is 1. The summed E-state index contributed by atoms with van der Waals surface area (Å²) in [6.45, 7) is 7.55. The molecule has 0 saturated carbocycles. The molecule has 0 radical (unpaired) electrons. The number of hydrogen-bond donors (Lipinski definition) is 0. The Morgan fingerprint density at radius 3 is 2.67 bits per heavy atom. The Labute approximate surface area is 229 Å². The molecular weight excluding hydrogens is 512 g/mol. The monoisotopic (exact) mass is 542 g/mol. The van der Waals surface area contributed by atoms with Gasteiger partial charge in [-0.25, -0.2) is 9.79 Å². The fourth-order valence-corrected chi connectivity index (χ4v) is 6.35. The number of carbonyl (C=O) groups is 1. The first-order chi connectivity index (χ1) is 18.9. The fourth-order valence-electron chi connectivity index (χ4n) is 5.32. The van der Waals surface area contributed by atoms with E-state index >= 15 is 0 Å². The number of piperazine rings is 1. The molecule has 2 aromatic carbocycles. The van der Waals surface area contributed by atoms with Crippen LogP contribution in [0.2, 0.25) is 0 Å². The molecule has 4 aromatic rings. The first-order valence-electron chi connectivity index (χ1n) is 13.1. The Morgan fingerprint density at radius 1 is 1.10 bits per heavy atom. The summed E-state index contributed by atoms with van der Waals surface area (Å²) in [7, 11) is 2.12. The lowest BCUT2D eigenvalue weighted by Gasteiger charge is -2.32. The lowest BCUT2D eigenvalue weighted by Crippen LogP contribution is -2.44. The van der Waals surface area contributed by atoms with Crippen LogP contribution in [0.5, 0.6) is 0 Å². The van der Waals surface area contributed by atoms with Crippen molar-refractivity contribution in [3.63, 3.8) is 0 Å². The molecule has 1 fully saturated rings. The third-order valence-corrected chi connectivity index (χ3v) is 8.32. The zero-order valence-electron chi connectivity index (χ0n) is 22.2.